The van der Waals surface area contributed by atoms with Gasteiger partial charge in [0, 0.05) is 23.8 Å². The first-order chi connectivity index (χ1) is 19.7. The van der Waals surface area contributed by atoms with E-state index in [4.69, 9.17) is 26.4 Å². The Kier molecular flexibility index (Phi) is 7.08. The van der Waals surface area contributed by atoms with Crippen molar-refractivity contribution in [2.45, 2.75) is 12.1 Å². The van der Waals surface area contributed by atoms with E-state index in [1.165, 1.54) is 0 Å². The number of hydrogen-bond acceptors (Lipinski definition) is 5. The molecule has 200 valence electrons. The van der Waals surface area contributed by atoms with Crippen LogP contribution in [0.5, 0.6) is 23.0 Å². The van der Waals surface area contributed by atoms with Gasteiger partial charge in [-0.05, 0) is 97.1 Å². The number of anilines is 1. The number of nitrogens with zero attached hydrogens (tertiary/aromatic N) is 3. The average Bonchev–Trinajstić information content (AvgIpc) is 3.62. The third-order valence-corrected chi connectivity index (χ3v) is 7.25. The number of nitrogens with one attached hydrogen (secondary N) is 1. The molecule has 8 heteroatoms. The highest BCUT2D eigenvalue weighted by molar-refractivity contribution is 7.80. The Labute approximate surface area is 238 Å². The van der Waals surface area contributed by atoms with Crippen molar-refractivity contribution in [3.63, 3.8) is 0 Å². The molecule has 1 fully saturated rings. The van der Waals surface area contributed by atoms with Crippen LogP contribution in [0.15, 0.2) is 116 Å². The summed E-state index contributed by atoms with van der Waals surface area (Å²) < 4.78 is 19.2. The third kappa shape index (κ3) is 4.85. The summed E-state index contributed by atoms with van der Waals surface area (Å²) in [5.41, 5.74) is 3.84. The minimum absolute atomic E-state index is 0.174. The molecule has 0 aliphatic carbocycles. The van der Waals surface area contributed by atoms with Gasteiger partial charge in [-0.2, -0.15) is 0 Å². The third-order valence-electron chi connectivity index (χ3n) is 6.94. The van der Waals surface area contributed by atoms with Crippen LogP contribution in [-0.4, -0.2) is 28.9 Å². The van der Waals surface area contributed by atoms with E-state index in [9.17, 15) is 0 Å². The fraction of sp³-hybridized carbons (Fsp3) is 0.125. The first-order valence-electron chi connectivity index (χ1n) is 12.9. The van der Waals surface area contributed by atoms with Crippen molar-refractivity contribution in [3.8, 4) is 28.7 Å². The lowest BCUT2D eigenvalue weighted by atomic mass is 10.0. The highest BCUT2D eigenvalue weighted by Crippen LogP contribution is 2.43. The molecule has 0 amide bonds. The molecule has 1 aliphatic rings. The zero-order valence-electron chi connectivity index (χ0n) is 22.1. The quantitative estimate of drug-likeness (QED) is 0.213. The SMILES string of the molecule is COc1ccc(Oc2ccc(N3C(=S)N[C@@H](c4ccccn4)[C@H]3c3cccn3-c3ccccc3OC)cc2)cc1. The highest BCUT2D eigenvalue weighted by Gasteiger charge is 2.42. The fourth-order valence-electron chi connectivity index (χ4n) is 5.07. The lowest BCUT2D eigenvalue weighted by molar-refractivity contribution is 0.412. The molecule has 0 radical (unpaired) electrons. The second-order valence-corrected chi connectivity index (χ2v) is 9.63. The van der Waals surface area contributed by atoms with Crippen LogP contribution in [0.25, 0.3) is 5.69 Å². The first-order valence-corrected chi connectivity index (χ1v) is 13.3. The van der Waals surface area contributed by atoms with Crippen LogP contribution in [-0.2, 0) is 0 Å². The molecule has 40 heavy (non-hydrogen) atoms. The molecule has 6 rings (SSSR count). The Balaban J connectivity index is 1.38. The number of methoxy groups -OCH3 is 2. The molecular weight excluding hydrogens is 520 g/mol. The summed E-state index contributed by atoms with van der Waals surface area (Å²) in [5.74, 6) is 3.02. The second-order valence-electron chi connectivity index (χ2n) is 9.24. The molecule has 5 aromatic rings. The maximum atomic E-state index is 6.06. The first kappa shape index (κ1) is 25.5. The number of para-hydroxylation sites is 2. The standard InChI is InChI=1S/C32H28N4O3S/c1-37-23-16-18-25(19-17-23)39-24-14-12-22(13-15-24)36-31(30(34-32(36)40)26-8-5-6-20-33-26)28-10-7-21-35(28)27-9-3-4-11-29(27)38-2/h3-21,30-31H,1-2H3,(H,34,40)/t30-,31+/m0/s1. The Morgan fingerprint density at radius 2 is 1.45 bits per heavy atom. The van der Waals surface area contributed by atoms with E-state index >= 15 is 0 Å². The van der Waals surface area contributed by atoms with Crippen LogP contribution in [0, 0.1) is 0 Å². The van der Waals surface area contributed by atoms with Gasteiger partial charge < -0.3 is 29.0 Å². The van der Waals surface area contributed by atoms with E-state index in [1.54, 1.807) is 14.2 Å². The van der Waals surface area contributed by atoms with Crippen LogP contribution in [0.1, 0.15) is 23.5 Å². The zero-order valence-corrected chi connectivity index (χ0v) is 22.9. The Bertz CT molecular complexity index is 1600. The van der Waals surface area contributed by atoms with Crippen molar-refractivity contribution in [1.82, 2.24) is 14.9 Å². The summed E-state index contributed by atoms with van der Waals surface area (Å²) in [4.78, 5) is 6.83. The topological polar surface area (TPSA) is 60.8 Å². The molecule has 1 N–H and O–H groups in total. The van der Waals surface area contributed by atoms with E-state index in [0.717, 1.165) is 45.8 Å². The predicted octanol–water partition coefficient (Wildman–Crippen LogP) is 6.86. The Hall–Kier alpha value is -4.82. The van der Waals surface area contributed by atoms with Crippen molar-refractivity contribution < 1.29 is 14.2 Å². The molecule has 1 aliphatic heterocycles. The normalized spacial score (nSPS) is 16.4. The monoisotopic (exact) mass is 548 g/mol. The van der Waals surface area contributed by atoms with Gasteiger partial charge in [0.25, 0.3) is 0 Å². The van der Waals surface area contributed by atoms with Crippen LogP contribution < -0.4 is 24.4 Å². The summed E-state index contributed by atoms with van der Waals surface area (Å²) >= 11 is 5.93. The van der Waals surface area contributed by atoms with Gasteiger partial charge >= 0.3 is 0 Å². The molecule has 3 aromatic carbocycles. The van der Waals surface area contributed by atoms with Crippen molar-refractivity contribution in [2.24, 2.45) is 0 Å². The van der Waals surface area contributed by atoms with Gasteiger partial charge in [-0.3, -0.25) is 4.98 Å². The second kappa shape index (κ2) is 11.1. The van der Waals surface area contributed by atoms with Gasteiger partial charge in [0.2, 0.25) is 0 Å². The van der Waals surface area contributed by atoms with Gasteiger partial charge in [0.1, 0.15) is 29.0 Å². The van der Waals surface area contributed by atoms with E-state index in [0.29, 0.717) is 5.11 Å². The summed E-state index contributed by atoms with van der Waals surface area (Å²) in [6, 6.07) is 33.2. The van der Waals surface area contributed by atoms with Crippen molar-refractivity contribution in [1.29, 1.82) is 0 Å². The molecule has 0 spiro atoms. The highest BCUT2D eigenvalue weighted by atomic mass is 32.1. The lowest BCUT2D eigenvalue weighted by Gasteiger charge is -2.29. The van der Waals surface area contributed by atoms with E-state index < -0.39 is 0 Å². The van der Waals surface area contributed by atoms with E-state index in [1.807, 2.05) is 103 Å². The van der Waals surface area contributed by atoms with Gasteiger partial charge in [0.15, 0.2) is 5.11 Å². The molecule has 2 atom stereocenters. The minimum Gasteiger partial charge on any atom is -0.497 e. The smallest absolute Gasteiger partial charge is 0.174 e. The fourth-order valence-corrected chi connectivity index (χ4v) is 5.42. The largest absolute Gasteiger partial charge is 0.497 e. The maximum Gasteiger partial charge on any atom is 0.174 e. The van der Waals surface area contributed by atoms with Gasteiger partial charge in [-0.15, -0.1) is 0 Å². The molecule has 2 aromatic heterocycles. The molecule has 1 saturated heterocycles. The molecule has 0 unspecified atom stereocenters. The molecular formula is C32H28N4O3S. The van der Waals surface area contributed by atoms with Crippen LogP contribution in [0.2, 0.25) is 0 Å². The lowest BCUT2D eigenvalue weighted by Crippen LogP contribution is -2.30. The number of pyridine rings is 1. The van der Waals surface area contributed by atoms with Gasteiger partial charge in [-0.1, -0.05) is 18.2 Å². The molecule has 0 bridgehead atoms. The summed E-state index contributed by atoms with van der Waals surface area (Å²) in [5, 5.41) is 4.16. The molecule has 7 nitrogen and oxygen atoms in total. The summed E-state index contributed by atoms with van der Waals surface area (Å²) in [6.45, 7) is 0. The van der Waals surface area contributed by atoms with Crippen LogP contribution >= 0.6 is 12.2 Å². The number of ether oxygens (including phenoxy) is 3. The van der Waals surface area contributed by atoms with Crippen LogP contribution in [0.3, 0.4) is 0 Å². The molecule has 3 heterocycles. The number of thiocarbonyl (C=S) groups is 1. The minimum atomic E-state index is -0.185. The van der Waals surface area contributed by atoms with Gasteiger partial charge in [-0.25, -0.2) is 0 Å². The zero-order chi connectivity index (χ0) is 27.5. The number of aromatic nitrogens is 2. The Morgan fingerprint density at radius 1 is 0.750 bits per heavy atom. The predicted molar refractivity (Wildman–Crippen MR) is 160 cm³/mol. The Morgan fingerprint density at radius 3 is 2.15 bits per heavy atom. The van der Waals surface area contributed by atoms with Crippen molar-refractivity contribution >= 4 is 23.0 Å². The molecule has 0 saturated carbocycles. The summed E-state index contributed by atoms with van der Waals surface area (Å²) in [7, 11) is 3.33. The van der Waals surface area contributed by atoms with Gasteiger partial charge in [0.05, 0.1) is 31.6 Å². The average molecular weight is 549 g/mol. The van der Waals surface area contributed by atoms with Crippen molar-refractivity contribution in [2.75, 3.05) is 19.1 Å². The number of hydrogen-bond donors (Lipinski definition) is 1. The maximum absolute atomic E-state index is 6.06. The van der Waals surface area contributed by atoms with E-state index in [2.05, 4.69) is 31.9 Å². The number of rotatable bonds is 8. The number of benzene rings is 3. The van der Waals surface area contributed by atoms with Crippen LogP contribution in [0.4, 0.5) is 5.69 Å². The summed E-state index contributed by atoms with van der Waals surface area (Å²) in [6.07, 6.45) is 3.86. The van der Waals surface area contributed by atoms with Crippen molar-refractivity contribution in [3.05, 3.63) is 127 Å². The van der Waals surface area contributed by atoms with E-state index in [-0.39, 0.29) is 12.1 Å².